The number of imidazole rings is 1. The van der Waals surface area contributed by atoms with Crippen LogP contribution in [0.25, 0.3) is 33.3 Å². The van der Waals surface area contributed by atoms with Crippen LogP contribution in [0.3, 0.4) is 0 Å². The predicted octanol–water partition coefficient (Wildman–Crippen LogP) is 6.91. The van der Waals surface area contributed by atoms with Crippen LogP contribution < -0.4 is 0 Å². The van der Waals surface area contributed by atoms with Gasteiger partial charge in [0.1, 0.15) is 0 Å². The molecule has 3 aromatic carbocycles. The molecule has 3 heteroatoms. The molecule has 0 unspecified atom stereocenters. The van der Waals surface area contributed by atoms with Crippen LogP contribution in [0.2, 0.25) is 0 Å². The van der Waals surface area contributed by atoms with Gasteiger partial charge in [0.2, 0.25) is 0 Å². The molecule has 0 saturated heterocycles. The Labute approximate surface area is 179 Å². The Hall–Kier alpha value is -3.20. The molecule has 30 heavy (non-hydrogen) atoms. The maximum atomic E-state index is 5.02. The van der Waals surface area contributed by atoms with E-state index in [1.807, 2.05) is 12.3 Å². The lowest BCUT2D eigenvalue weighted by molar-refractivity contribution is 0.675. The molecule has 152 valence electrons. The van der Waals surface area contributed by atoms with Crippen LogP contribution in [0.1, 0.15) is 38.4 Å². The molecule has 0 fully saturated rings. The van der Waals surface area contributed by atoms with Crippen LogP contribution in [0.5, 0.6) is 0 Å². The van der Waals surface area contributed by atoms with E-state index < -0.39 is 0 Å². The minimum atomic E-state index is 0.861. The van der Waals surface area contributed by atoms with Crippen LogP contribution in [-0.2, 0) is 7.05 Å². The predicted molar refractivity (Wildman–Crippen MR) is 128 cm³/mol. The van der Waals surface area contributed by atoms with Gasteiger partial charge in [0, 0.05) is 24.7 Å². The van der Waals surface area contributed by atoms with Gasteiger partial charge >= 0.3 is 0 Å². The largest absolute Gasteiger partial charge is 0.326 e. The molecule has 1 aromatic heterocycles. The topological polar surface area (TPSA) is 30.2 Å². The summed E-state index contributed by atoms with van der Waals surface area (Å²) in [6.07, 6.45) is 6.85. The summed E-state index contributed by atoms with van der Waals surface area (Å²) < 4.78 is 2.18. The summed E-state index contributed by atoms with van der Waals surface area (Å²) >= 11 is 0. The number of aryl methyl sites for hydroxylation is 1. The van der Waals surface area contributed by atoms with Crippen molar-refractivity contribution in [2.24, 2.45) is 12.0 Å². The van der Waals surface area contributed by atoms with E-state index in [2.05, 4.69) is 90.3 Å². The van der Waals surface area contributed by atoms with Crippen LogP contribution in [0.15, 0.2) is 77.8 Å². The second-order valence-electron chi connectivity index (χ2n) is 7.71. The number of aliphatic imine (C=N–C) groups is 1. The molecule has 0 atom stereocenters. The van der Waals surface area contributed by atoms with Crippen molar-refractivity contribution >= 4 is 17.2 Å². The number of unbranched alkanes of at least 4 members (excludes halogenated alkanes) is 3. The molecule has 0 aliphatic carbocycles. The minimum Gasteiger partial charge on any atom is -0.326 e. The van der Waals surface area contributed by atoms with Gasteiger partial charge in [0.05, 0.1) is 17.2 Å². The fourth-order valence-corrected chi connectivity index (χ4v) is 3.93. The molecule has 0 N–H and O–H groups in total. The van der Waals surface area contributed by atoms with Gasteiger partial charge in [-0.15, -0.1) is 0 Å². The van der Waals surface area contributed by atoms with Gasteiger partial charge < -0.3 is 4.57 Å². The Morgan fingerprint density at radius 3 is 2.10 bits per heavy atom. The zero-order chi connectivity index (χ0) is 20.8. The first-order chi connectivity index (χ1) is 14.8. The molecule has 3 nitrogen and oxygen atoms in total. The van der Waals surface area contributed by atoms with E-state index >= 15 is 0 Å². The van der Waals surface area contributed by atoms with E-state index in [-0.39, 0.29) is 0 Å². The summed E-state index contributed by atoms with van der Waals surface area (Å²) in [6.45, 7) is 3.09. The lowest BCUT2D eigenvalue weighted by Gasteiger charge is -2.09. The number of rotatable bonds is 8. The van der Waals surface area contributed by atoms with E-state index in [9.17, 15) is 0 Å². The van der Waals surface area contributed by atoms with Crippen LogP contribution in [-0.4, -0.2) is 22.3 Å². The summed E-state index contributed by atoms with van der Waals surface area (Å²) in [5.74, 6) is 0.904. The number of fused-ring (bicyclic) bond motifs is 1. The fourth-order valence-electron chi connectivity index (χ4n) is 3.93. The Morgan fingerprint density at radius 2 is 1.43 bits per heavy atom. The molecule has 0 bridgehead atoms. The normalized spacial score (nSPS) is 11.5. The van der Waals surface area contributed by atoms with E-state index in [1.165, 1.54) is 36.0 Å². The molecule has 0 saturated carbocycles. The highest BCUT2D eigenvalue weighted by atomic mass is 15.1. The highest BCUT2D eigenvalue weighted by molar-refractivity contribution is 6.03. The van der Waals surface area contributed by atoms with Gasteiger partial charge in [-0.2, -0.15) is 0 Å². The standard InChI is InChI=1S/C27H29N3/c1-3-4-5-12-19-28-20-25-29-26-23(21-13-8-6-9-14-21)17-18-24(27(26)30(25)2)22-15-10-7-11-16-22/h6-11,13-18,20H,3-5,12,19H2,1-2H3. The lowest BCUT2D eigenvalue weighted by atomic mass is 9.98. The Kier molecular flexibility index (Phi) is 6.38. The molecule has 0 amide bonds. The number of aromatic nitrogens is 2. The van der Waals surface area contributed by atoms with Gasteiger partial charge in [0.15, 0.2) is 5.82 Å². The first-order valence-corrected chi connectivity index (χ1v) is 10.9. The van der Waals surface area contributed by atoms with E-state index in [0.29, 0.717) is 0 Å². The van der Waals surface area contributed by atoms with E-state index in [1.54, 1.807) is 0 Å². The lowest BCUT2D eigenvalue weighted by Crippen LogP contribution is -1.98. The number of nitrogens with zero attached hydrogens (tertiary/aromatic N) is 3. The zero-order valence-electron chi connectivity index (χ0n) is 17.9. The van der Waals surface area contributed by atoms with Gasteiger partial charge in [0.25, 0.3) is 0 Å². The van der Waals surface area contributed by atoms with Crippen molar-refractivity contribution in [1.29, 1.82) is 0 Å². The zero-order valence-corrected chi connectivity index (χ0v) is 17.9. The summed E-state index contributed by atoms with van der Waals surface area (Å²) in [5, 5.41) is 0. The first kappa shape index (κ1) is 20.1. The van der Waals surface area contributed by atoms with Crippen LogP contribution >= 0.6 is 0 Å². The molecule has 0 radical (unpaired) electrons. The van der Waals surface area contributed by atoms with Gasteiger partial charge in [-0.1, -0.05) is 99.0 Å². The average Bonchev–Trinajstić information content (AvgIpc) is 3.13. The molecule has 0 aliphatic heterocycles. The van der Waals surface area contributed by atoms with Crippen molar-refractivity contribution < 1.29 is 0 Å². The second-order valence-corrected chi connectivity index (χ2v) is 7.71. The van der Waals surface area contributed by atoms with Crippen molar-refractivity contribution in [1.82, 2.24) is 9.55 Å². The third-order valence-corrected chi connectivity index (χ3v) is 5.57. The summed E-state index contributed by atoms with van der Waals surface area (Å²) in [7, 11) is 2.09. The van der Waals surface area contributed by atoms with Crippen LogP contribution in [0.4, 0.5) is 0 Å². The number of hydrogen-bond donors (Lipinski definition) is 0. The monoisotopic (exact) mass is 395 g/mol. The SMILES string of the molecule is CCCCCCN=Cc1nc2c(-c3ccccc3)ccc(-c3ccccc3)c2n1C. The summed E-state index contributed by atoms with van der Waals surface area (Å²) in [4.78, 5) is 9.69. The third-order valence-electron chi connectivity index (χ3n) is 5.57. The third kappa shape index (κ3) is 4.20. The second kappa shape index (κ2) is 9.53. The molecule has 4 aromatic rings. The number of hydrogen-bond acceptors (Lipinski definition) is 2. The highest BCUT2D eigenvalue weighted by Crippen LogP contribution is 2.35. The maximum Gasteiger partial charge on any atom is 0.151 e. The molecule has 4 rings (SSSR count). The smallest absolute Gasteiger partial charge is 0.151 e. The van der Waals surface area contributed by atoms with E-state index in [4.69, 9.17) is 4.98 Å². The first-order valence-electron chi connectivity index (χ1n) is 10.9. The minimum absolute atomic E-state index is 0.861. The maximum absolute atomic E-state index is 5.02. The Bertz CT molecular complexity index is 1130. The van der Waals surface area contributed by atoms with Crippen molar-refractivity contribution in [2.45, 2.75) is 32.6 Å². The van der Waals surface area contributed by atoms with Crippen molar-refractivity contribution in [2.75, 3.05) is 6.54 Å². The Morgan fingerprint density at radius 1 is 0.800 bits per heavy atom. The van der Waals surface area contributed by atoms with E-state index in [0.717, 1.165) is 35.4 Å². The van der Waals surface area contributed by atoms with Crippen molar-refractivity contribution in [3.63, 3.8) is 0 Å². The molecular weight excluding hydrogens is 366 g/mol. The fraction of sp³-hybridized carbons (Fsp3) is 0.259. The molecule has 0 aliphatic rings. The van der Waals surface area contributed by atoms with Gasteiger partial charge in [-0.3, -0.25) is 4.99 Å². The van der Waals surface area contributed by atoms with Gasteiger partial charge in [-0.25, -0.2) is 4.98 Å². The number of benzene rings is 3. The van der Waals surface area contributed by atoms with Crippen molar-refractivity contribution in [3.05, 3.63) is 78.6 Å². The quantitative estimate of drug-likeness (QED) is 0.235. The average molecular weight is 396 g/mol. The molecular formula is C27H29N3. The van der Waals surface area contributed by atoms with Crippen LogP contribution in [0, 0.1) is 0 Å². The van der Waals surface area contributed by atoms with Crippen molar-refractivity contribution in [3.8, 4) is 22.3 Å². The molecule has 0 spiro atoms. The highest BCUT2D eigenvalue weighted by Gasteiger charge is 2.16. The molecule has 1 heterocycles. The Balaban J connectivity index is 1.79. The van der Waals surface area contributed by atoms with Gasteiger partial charge in [-0.05, 0) is 17.5 Å². The summed E-state index contributed by atoms with van der Waals surface area (Å²) in [5.41, 5.74) is 6.91. The summed E-state index contributed by atoms with van der Waals surface area (Å²) in [6, 6.07) is 25.4.